The summed E-state index contributed by atoms with van der Waals surface area (Å²) >= 11 is 2.05. The van der Waals surface area contributed by atoms with Crippen LogP contribution in [0.3, 0.4) is 0 Å². The summed E-state index contributed by atoms with van der Waals surface area (Å²) in [5, 5.41) is 5.06. The first-order valence-electron chi connectivity index (χ1n) is 31.1. The Labute approximate surface area is 506 Å². The molecule has 8 aromatic carbocycles. The molecular formula is C77H84BN3OSSi. The first-order chi connectivity index (χ1) is 39.5. The van der Waals surface area contributed by atoms with Gasteiger partial charge in [0.1, 0.15) is 11.2 Å². The molecule has 2 aliphatic heterocycles. The van der Waals surface area contributed by atoms with Gasteiger partial charge >= 0.3 is 0 Å². The van der Waals surface area contributed by atoms with E-state index in [1.165, 1.54) is 99.2 Å². The van der Waals surface area contributed by atoms with Crippen molar-refractivity contribution >= 4 is 130 Å². The predicted octanol–water partition coefficient (Wildman–Crippen LogP) is 20.2. The molecule has 0 N–H and O–H groups in total. The molecule has 0 fully saturated rings. The lowest BCUT2D eigenvalue weighted by Crippen LogP contribution is -2.61. The summed E-state index contributed by atoms with van der Waals surface area (Å²) < 4.78 is 9.65. The van der Waals surface area contributed by atoms with E-state index in [0.717, 1.165) is 64.0 Å². The number of furan rings is 1. The predicted molar refractivity (Wildman–Crippen MR) is 369 cm³/mol. The van der Waals surface area contributed by atoms with Gasteiger partial charge in [0.05, 0.1) is 30.5 Å². The molecule has 0 bridgehead atoms. The van der Waals surface area contributed by atoms with Crippen molar-refractivity contribution in [1.82, 2.24) is 0 Å². The second-order valence-electron chi connectivity index (χ2n) is 31.2. The minimum atomic E-state index is -1.66. The van der Waals surface area contributed by atoms with Gasteiger partial charge in [0.15, 0.2) is 0 Å². The summed E-state index contributed by atoms with van der Waals surface area (Å²) in [4.78, 5) is 7.95. The fourth-order valence-corrected chi connectivity index (χ4v) is 17.5. The van der Waals surface area contributed by atoms with E-state index in [1.807, 2.05) is 11.3 Å². The molecule has 4 heterocycles. The molecule has 2 aromatic heterocycles. The van der Waals surface area contributed by atoms with Crippen LogP contribution in [0.25, 0.3) is 32.0 Å². The molecule has 0 amide bonds. The third-order valence-electron chi connectivity index (χ3n) is 20.4. The van der Waals surface area contributed by atoms with Crippen LogP contribution in [0.15, 0.2) is 156 Å². The summed E-state index contributed by atoms with van der Waals surface area (Å²) in [6.45, 7) is 41.2. The highest BCUT2D eigenvalue weighted by molar-refractivity contribution is 7.33. The zero-order chi connectivity index (χ0) is 59.2. The molecule has 4 nitrogen and oxygen atoms in total. The minimum absolute atomic E-state index is 0.000139. The zero-order valence-corrected chi connectivity index (χ0v) is 54.8. The van der Waals surface area contributed by atoms with Crippen LogP contribution < -0.4 is 35.6 Å². The topological polar surface area (TPSA) is 22.9 Å². The maximum Gasteiger partial charge on any atom is 0.264 e. The molecule has 0 spiro atoms. The number of benzene rings is 8. The van der Waals surface area contributed by atoms with Gasteiger partial charge < -0.3 is 19.1 Å². The van der Waals surface area contributed by atoms with Crippen LogP contribution in [0, 0.1) is 0 Å². The number of thiophene rings is 1. The van der Waals surface area contributed by atoms with Gasteiger partial charge in [-0.25, -0.2) is 0 Å². The molecule has 14 rings (SSSR count). The van der Waals surface area contributed by atoms with Crippen LogP contribution >= 0.6 is 11.3 Å². The van der Waals surface area contributed by atoms with Crippen molar-refractivity contribution in [3.05, 3.63) is 185 Å². The number of hydrogen-bond donors (Lipinski definition) is 0. The standard InChI is InChI=1S/C77H84BN3OSSi/c1-72(2,3)47-25-29-49(30-26-47)79(50-31-27-48(28-32-50)73(4,5)6)52-41-63-69-64(42-52)81(61-22-20-24-66-68(61)54-21-18-19-23-65(54)82-66)70-55-43-56-59(77(13,14)40-37-74(56,7)8)46-67(55)83-71(70)78(69)60-44-57-58(76(11,12)39-38-75(57,9)10)45-62(60)80(63)51-33-35-53(36-34-51)84(15,16)17/h18-36,41-46H,37-40H2,1-17H3. The molecule has 7 heteroatoms. The maximum atomic E-state index is 6.88. The highest BCUT2D eigenvalue weighted by Crippen LogP contribution is 2.56. The Hall–Kier alpha value is -6.80. The normalized spacial score (nSPS) is 17.5. The Bertz CT molecular complexity index is 4270. The second kappa shape index (κ2) is 18.4. The number of nitrogens with zero attached hydrogens (tertiary/aromatic N) is 3. The van der Waals surface area contributed by atoms with Crippen molar-refractivity contribution in [2.45, 2.75) is 175 Å². The Kier molecular flexibility index (Phi) is 12.0. The number of fused-ring (bicyclic) bond motifs is 11. The summed E-state index contributed by atoms with van der Waals surface area (Å²) in [7, 11) is -1.66. The fraction of sp³-hybridized carbons (Fsp3) is 0.351. The molecule has 0 saturated carbocycles. The molecule has 0 saturated heterocycles. The van der Waals surface area contributed by atoms with Gasteiger partial charge in [0.2, 0.25) is 0 Å². The monoisotopic (exact) mass is 1140 g/mol. The number of para-hydroxylation sites is 1. The Morgan fingerprint density at radius 1 is 0.488 bits per heavy atom. The molecule has 2 aliphatic carbocycles. The van der Waals surface area contributed by atoms with Crippen LogP contribution in [0.5, 0.6) is 0 Å². The lowest BCUT2D eigenvalue weighted by molar-refractivity contribution is 0.332. The molecule has 426 valence electrons. The van der Waals surface area contributed by atoms with Gasteiger partial charge in [0.25, 0.3) is 6.71 Å². The van der Waals surface area contributed by atoms with Crippen molar-refractivity contribution in [2.24, 2.45) is 0 Å². The van der Waals surface area contributed by atoms with Crippen LogP contribution in [-0.4, -0.2) is 14.8 Å². The van der Waals surface area contributed by atoms with Crippen molar-refractivity contribution in [3.63, 3.8) is 0 Å². The third kappa shape index (κ3) is 8.54. The molecular weight excluding hydrogens is 1050 g/mol. The molecule has 4 aliphatic rings. The number of rotatable bonds is 6. The molecule has 0 unspecified atom stereocenters. The third-order valence-corrected chi connectivity index (χ3v) is 23.7. The Balaban J connectivity index is 1.17. The summed E-state index contributed by atoms with van der Waals surface area (Å²) in [6.07, 6.45) is 4.60. The fourth-order valence-electron chi connectivity index (χ4n) is 15.0. The zero-order valence-electron chi connectivity index (χ0n) is 53.0. The molecule has 84 heavy (non-hydrogen) atoms. The van der Waals surface area contributed by atoms with E-state index < -0.39 is 8.07 Å². The van der Waals surface area contributed by atoms with E-state index in [-0.39, 0.29) is 39.2 Å². The largest absolute Gasteiger partial charge is 0.456 e. The van der Waals surface area contributed by atoms with Crippen LogP contribution in [0.1, 0.15) is 156 Å². The van der Waals surface area contributed by atoms with E-state index >= 15 is 0 Å². The maximum absolute atomic E-state index is 6.88. The highest BCUT2D eigenvalue weighted by atomic mass is 32.1. The van der Waals surface area contributed by atoms with E-state index in [9.17, 15) is 0 Å². The highest BCUT2D eigenvalue weighted by Gasteiger charge is 2.49. The lowest BCUT2D eigenvalue weighted by Gasteiger charge is -2.47. The molecule has 0 atom stereocenters. The van der Waals surface area contributed by atoms with E-state index in [1.54, 1.807) is 0 Å². The van der Waals surface area contributed by atoms with Crippen LogP contribution in [0.4, 0.5) is 51.2 Å². The van der Waals surface area contributed by atoms with Gasteiger partial charge in [0, 0.05) is 54.4 Å². The Morgan fingerprint density at radius 3 is 1.56 bits per heavy atom. The summed E-state index contributed by atoms with van der Waals surface area (Å²) in [5.41, 5.74) is 23.8. The first kappa shape index (κ1) is 55.1. The minimum Gasteiger partial charge on any atom is -0.456 e. The van der Waals surface area contributed by atoms with Crippen molar-refractivity contribution in [2.75, 3.05) is 14.7 Å². The Morgan fingerprint density at radius 2 is 1.00 bits per heavy atom. The first-order valence-corrected chi connectivity index (χ1v) is 35.4. The number of hydrogen-bond acceptors (Lipinski definition) is 5. The average molecular weight is 1140 g/mol. The summed E-state index contributed by atoms with van der Waals surface area (Å²) in [5.74, 6) is 0. The molecule has 10 aromatic rings. The van der Waals surface area contributed by atoms with Crippen molar-refractivity contribution in [3.8, 4) is 0 Å². The lowest BCUT2D eigenvalue weighted by atomic mass is 9.35. The van der Waals surface area contributed by atoms with Crippen molar-refractivity contribution in [1.29, 1.82) is 0 Å². The average Bonchev–Trinajstić information content (AvgIpc) is 1.26. The van der Waals surface area contributed by atoms with E-state index in [0.29, 0.717) is 0 Å². The van der Waals surface area contributed by atoms with Crippen molar-refractivity contribution < 1.29 is 4.42 Å². The van der Waals surface area contributed by atoms with Gasteiger partial charge in [-0.2, -0.15) is 0 Å². The summed E-state index contributed by atoms with van der Waals surface area (Å²) in [6, 6.07) is 59.9. The van der Waals surface area contributed by atoms with E-state index in [4.69, 9.17) is 4.42 Å². The van der Waals surface area contributed by atoms with Crippen LogP contribution in [0.2, 0.25) is 19.6 Å². The smallest absolute Gasteiger partial charge is 0.264 e. The van der Waals surface area contributed by atoms with Crippen LogP contribution in [-0.2, 0) is 32.5 Å². The van der Waals surface area contributed by atoms with E-state index in [2.05, 4.69) is 283 Å². The van der Waals surface area contributed by atoms with Gasteiger partial charge in [-0.15, -0.1) is 11.3 Å². The number of anilines is 9. The quantitative estimate of drug-likeness (QED) is 0.155. The SMILES string of the molecule is CC(C)(C)c1ccc(N(c2ccc(C(C)(C)C)cc2)c2cc3c4c(c2)N(c2cccc5oc6ccccc6c25)c2c(sc5cc6c(cc25)C(C)(C)CCC6(C)C)B4c2cc4c(cc2N3c2ccc([Si](C)(C)C)cc2)C(C)(C)CCC4(C)C)cc1. The second-order valence-corrected chi connectivity index (χ2v) is 37.3. The van der Waals surface area contributed by atoms with Gasteiger partial charge in [-0.05, 0) is 187 Å². The van der Waals surface area contributed by atoms with Gasteiger partial charge in [-0.3, -0.25) is 0 Å². The van der Waals surface area contributed by atoms with Gasteiger partial charge in [-0.1, -0.05) is 188 Å². The molecule has 0 radical (unpaired) electrons.